The van der Waals surface area contributed by atoms with Crippen LogP contribution in [0.3, 0.4) is 0 Å². The van der Waals surface area contributed by atoms with E-state index in [0.29, 0.717) is 0 Å². The summed E-state index contributed by atoms with van der Waals surface area (Å²) in [5.74, 6) is 0. The number of hydrogen-bond acceptors (Lipinski definition) is 1. The van der Waals surface area contributed by atoms with Gasteiger partial charge in [-0.1, -0.05) is 42.0 Å². The maximum absolute atomic E-state index is 6.01. The van der Waals surface area contributed by atoms with Crippen LogP contribution < -0.4 is 5.73 Å². The van der Waals surface area contributed by atoms with Crippen LogP contribution in [-0.2, 0) is 6.42 Å². The summed E-state index contributed by atoms with van der Waals surface area (Å²) in [5, 5.41) is 2.67. The molecule has 0 aliphatic heterocycles. The third-order valence-electron chi connectivity index (χ3n) is 3.35. The molecular formula is C17H23N. The Hall–Kier alpha value is -1.34. The Balaban J connectivity index is 2.08. The molecule has 96 valence electrons. The average Bonchev–Trinajstić information content (AvgIpc) is 2.27. The third-order valence-corrected chi connectivity index (χ3v) is 3.35. The Morgan fingerprint density at radius 1 is 1.00 bits per heavy atom. The number of benzene rings is 2. The van der Waals surface area contributed by atoms with E-state index in [0.717, 1.165) is 19.3 Å². The van der Waals surface area contributed by atoms with E-state index in [9.17, 15) is 0 Å². The molecule has 0 atom stereocenters. The highest BCUT2D eigenvalue weighted by Gasteiger charge is 2.09. The van der Waals surface area contributed by atoms with Crippen molar-refractivity contribution in [1.29, 1.82) is 0 Å². The van der Waals surface area contributed by atoms with Gasteiger partial charge in [-0.3, -0.25) is 0 Å². The Kier molecular flexibility index (Phi) is 3.72. The Morgan fingerprint density at radius 2 is 1.67 bits per heavy atom. The van der Waals surface area contributed by atoms with Gasteiger partial charge in [0.1, 0.15) is 0 Å². The number of aryl methyl sites for hydroxylation is 2. The zero-order valence-electron chi connectivity index (χ0n) is 11.7. The van der Waals surface area contributed by atoms with Crippen molar-refractivity contribution >= 4 is 10.8 Å². The van der Waals surface area contributed by atoms with Gasteiger partial charge < -0.3 is 5.73 Å². The van der Waals surface area contributed by atoms with E-state index in [1.165, 1.54) is 21.9 Å². The van der Waals surface area contributed by atoms with Crippen LogP contribution in [0.4, 0.5) is 0 Å². The van der Waals surface area contributed by atoms with Gasteiger partial charge in [0.2, 0.25) is 0 Å². The SMILES string of the molecule is Cc1ccc2cc(CCCC(C)(C)N)ccc2c1. The highest BCUT2D eigenvalue weighted by atomic mass is 14.7. The Labute approximate surface area is 110 Å². The van der Waals surface area contributed by atoms with Gasteiger partial charge in [-0.05, 0) is 56.4 Å². The second-order valence-corrected chi connectivity index (χ2v) is 6.03. The molecule has 0 saturated carbocycles. The van der Waals surface area contributed by atoms with E-state index >= 15 is 0 Å². The van der Waals surface area contributed by atoms with Crippen molar-refractivity contribution in [3.8, 4) is 0 Å². The van der Waals surface area contributed by atoms with Crippen molar-refractivity contribution in [2.24, 2.45) is 5.73 Å². The van der Waals surface area contributed by atoms with Gasteiger partial charge in [-0.2, -0.15) is 0 Å². The second-order valence-electron chi connectivity index (χ2n) is 6.03. The molecule has 2 rings (SSSR count). The summed E-state index contributed by atoms with van der Waals surface area (Å²) >= 11 is 0. The highest BCUT2D eigenvalue weighted by molar-refractivity contribution is 5.83. The fourth-order valence-corrected chi connectivity index (χ4v) is 2.32. The minimum atomic E-state index is -0.0477. The molecule has 1 heteroatoms. The molecule has 0 fully saturated rings. The van der Waals surface area contributed by atoms with Gasteiger partial charge in [0.05, 0.1) is 0 Å². The summed E-state index contributed by atoms with van der Waals surface area (Å²) < 4.78 is 0. The fraction of sp³-hybridized carbons (Fsp3) is 0.412. The Bertz CT molecular complexity index is 535. The van der Waals surface area contributed by atoms with Gasteiger partial charge >= 0.3 is 0 Å². The maximum Gasteiger partial charge on any atom is 0.00971 e. The van der Waals surface area contributed by atoms with Crippen LogP contribution in [0.15, 0.2) is 36.4 Å². The maximum atomic E-state index is 6.01. The number of fused-ring (bicyclic) bond motifs is 1. The molecule has 0 aromatic heterocycles. The van der Waals surface area contributed by atoms with Gasteiger partial charge in [-0.25, -0.2) is 0 Å². The monoisotopic (exact) mass is 241 g/mol. The lowest BCUT2D eigenvalue weighted by Crippen LogP contribution is -2.31. The van der Waals surface area contributed by atoms with E-state index in [-0.39, 0.29) is 5.54 Å². The van der Waals surface area contributed by atoms with E-state index in [1.807, 2.05) is 0 Å². The predicted octanol–water partition coefficient (Wildman–Crippen LogP) is 4.21. The topological polar surface area (TPSA) is 26.0 Å². The molecule has 2 aromatic rings. The van der Waals surface area contributed by atoms with E-state index < -0.39 is 0 Å². The van der Waals surface area contributed by atoms with Crippen LogP contribution in [0.1, 0.15) is 37.8 Å². The lowest BCUT2D eigenvalue weighted by atomic mass is 9.96. The molecule has 0 saturated heterocycles. The summed E-state index contributed by atoms with van der Waals surface area (Å²) in [5.41, 5.74) is 8.69. The molecule has 18 heavy (non-hydrogen) atoms. The minimum absolute atomic E-state index is 0.0477. The summed E-state index contributed by atoms with van der Waals surface area (Å²) in [6.07, 6.45) is 3.34. The zero-order valence-corrected chi connectivity index (χ0v) is 11.7. The summed E-state index contributed by atoms with van der Waals surface area (Å²) in [4.78, 5) is 0. The van der Waals surface area contributed by atoms with Crippen molar-refractivity contribution in [3.63, 3.8) is 0 Å². The Morgan fingerprint density at radius 3 is 2.39 bits per heavy atom. The molecule has 0 unspecified atom stereocenters. The van der Waals surface area contributed by atoms with Gasteiger partial charge in [0.15, 0.2) is 0 Å². The predicted molar refractivity (Wildman–Crippen MR) is 79.9 cm³/mol. The molecule has 0 aliphatic carbocycles. The molecule has 0 spiro atoms. The number of rotatable bonds is 4. The summed E-state index contributed by atoms with van der Waals surface area (Å²) in [6.45, 7) is 6.32. The van der Waals surface area contributed by atoms with E-state index in [1.54, 1.807) is 0 Å². The number of hydrogen-bond donors (Lipinski definition) is 1. The quantitative estimate of drug-likeness (QED) is 0.852. The molecule has 2 aromatic carbocycles. The number of nitrogens with two attached hydrogens (primary N) is 1. The molecule has 0 heterocycles. The molecule has 2 N–H and O–H groups in total. The lowest BCUT2D eigenvalue weighted by Gasteiger charge is -2.17. The van der Waals surface area contributed by atoms with Crippen LogP contribution in [0.2, 0.25) is 0 Å². The van der Waals surface area contributed by atoms with Crippen LogP contribution in [0, 0.1) is 6.92 Å². The molecule has 0 aliphatic rings. The van der Waals surface area contributed by atoms with Crippen molar-refractivity contribution in [3.05, 3.63) is 47.5 Å². The van der Waals surface area contributed by atoms with Crippen LogP contribution >= 0.6 is 0 Å². The van der Waals surface area contributed by atoms with Crippen LogP contribution in [0.5, 0.6) is 0 Å². The first kappa shape index (κ1) is 13.1. The van der Waals surface area contributed by atoms with Gasteiger partial charge in [0, 0.05) is 5.54 Å². The molecule has 1 nitrogen and oxygen atoms in total. The van der Waals surface area contributed by atoms with Crippen molar-refractivity contribution < 1.29 is 0 Å². The first-order valence-corrected chi connectivity index (χ1v) is 6.72. The highest BCUT2D eigenvalue weighted by Crippen LogP contribution is 2.19. The zero-order chi connectivity index (χ0) is 13.2. The van der Waals surface area contributed by atoms with E-state index in [4.69, 9.17) is 5.73 Å². The van der Waals surface area contributed by atoms with E-state index in [2.05, 4.69) is 57.2 Å². The molecular weight excluding hydrogens is 218 g/mol. The van der Waals surface area contributed by atoms with Crippen molar-refractivity contribution in [2.45, 2.75) is 45.6 Å². The van der Waals surface area contributed by atoms with Gasteiger partial charge in [0.25, 0.3) is 0 Å². The fourth-order valence-electron chi connectivity index (χ4n) is 2.32. The van der Waals surface area contributed by atoms with Crippen molar-refractivity contribution in [2.75, 3.05) is 0 Å². The normalized spacial score (nSPS) is 12.0. The summed E-state index contributed by atoms with van der Waals surface area (Å²) in [6, 6.07) is 13.4. The third kappa shape index (κ3) is 3.58. The molecule has 0 bridgehead atoms. The van der Waals surface area contributed by atoms with Crippen LogP contribution in [0.25, 0.3) is 10.8 Å². The molecule has 0 amide bonds. The average molecular weight is 241 g/mol. The smallest absolute Gasteiger partial charge is 0.00971 e. The first-order valence-electron chi connectivity index (χ1n) is 6.72. The lowest BCUT2D eigenvalue weighted by molar-refractivity contribution is 0.459. The first-order chi connectivity index (χ1) is 8.44. The second kappa shape index (κ2) is 5.11. The summed E-state index contributed by atoms with van der Waals surface area (Å²) in [7, 11) is 0. The van der Waals surface area contributed by atoms with Crippen molar-refractivity contribution in [1.82, 2.24) is 0 Å². The minimum Gasteiger partial charge on any atom is -0.326 e. The van der Waals surface area contributed by atoms with Gasteiger partial charge in [-0.15, -0.1) is 0 Å². The van der Waals surface area contributed by atoms with Crippen LogP contribution in [-0.4, -0.2) is 5.54 Å². The molecule has 0 radical (unpaired) electrons. The largest absolute Gasteiger partial charge is 0.326 e. The standard InChI is InChI=1S/C17H23N/c1-13-6-8-16-12-14(7-9-15(16)11-13)5-4-10-17(2,3)18/h6-9,11-12H,4-5,10,18H2,1-3H3.